The highest BCUT2D eigenvalue weighted by atomic mass is 16.5. The lowest BCUT2D eigenvalue weighted by Gasteiger charge is -2.25. The monoisotopic (exact) mass is 422 g/mol. The zero-order valence-electron chi connectivity index (χ0n) is 17.5. The van der Waals surface area contributed by atoms with Gasteiger partial charge in [0, 0.05) is 0 Å². The molecule has 2 N–H and O–H groups in total. The van der Waals surface area contributed by atoms with Crippen LogP contribution in [-0.2, 0) is 32.0 Å². The van der Waals surface area contributed by atoms with E-state index in [1.54, 1.807) is 24.3 Å². The lowest BCUT2D eigenvalue weighted by Crippen LogP contribution is -2.39. The number of carbonyl (C=O) groups is 3. The van der Waals surface area contributed by atoms with Gasteiger partial charge < -0.3 is 20.1 Å². The molecule has 31 heavy (non-hydrogen) atoms. The molecule has 1 aliphatic carbocycles. The molecule has 1 heterocycles. The van der Waals surface area contributed by atoms with Crippen molar-refractivity contribution in [3.8, 4) is 5.75 Å². The van der Waals surface area contributed by atoms with E-state index >= 15 is 0 Å². The molecule has 1 aliphatic heterocycles. The number of fused-ring (bicyclic) bond motifs is 2. The van der Waals surface area contributed by atoms with Crippen LogP contribution in [-0.4, -0.2) is 30.5 Å². The molecule has 0 saturated carbocycles. The molecule has 0 unspecified atom stereocenters. The van der Waals surface area contributed by atoms with E-state index in [4.69, 9.17) is 9.47 Å². The number of rotatable bonds is 6. The van der Waals surface area contributed by atoms with Crippen LogP contribution >= 0.6 is 0 Å². The minimum absolute atomic E-state index is 0.192. The van der Waals surface area contributed by atoms with E-state index in [9.17, 15) is 14.4 Å². The molecule has 0 saturated heterocycles. The molecular weight excluding hydrogens is 396 g/mol. The third-order valence-electron chi connectivity index (χ3n) is 5.67. The van der Waals surface area contributed by atoms with E-state index < -0.39 is 30.5 Å². The van der Waals surface area contributed by atoms with Gasteiger partial charge in [-0.25, -0.2) is 0 Å². The van der Waals surface area contributed by atoms with Crippen LogP contribution in [0.4, 0.5) is 5.69 Å². The Bertz CT molecular complexity index is 1000. The molecule has 0 fully saturated rings. The van der Waals surface area contributed by atoms with Gasteiger partial charge in [-0.2, -0.15) is 0 Å². The number of carbonyl (C=O) groups excluding carboxylic acids is 3. The molecule has 2 amide bonds. The number of ether oxygens (including phenoxy) is 2. The van der Waals surface area contributed by atoms with Gasteiger partial charge in [-0.15, -0.1) is 0 Å². The van der Waals surface area contributed by atoms with Gasteiger partial charge in [-0.1, -0.05) is 30.3 Å². The predicted octanol–water partition coefficient (Wildman–Crippen LogP) is 3.08. The summed E-state index contributed by atoms with van der Waals surface area (Å²) in [6.45, 7) is 1.50. The van der Waals surface area contributed by atoms with Crippen LogP contribution in [0, 0.1) is 0 Å². The number of hydrogen-bond donors (Lipinski definition) is 2. The van der Waals surface area contributed by atoms with E-state index in [1.807, 2.05) is 13.0 Å². The van der Waals surface area contributed by atoms with Crippen molar-refractivity contribution in [1.29, 1.82) is 0 Å². The Hall–Kier alpha value is -3.35. The van der Waals surface area contributed by atoms with E-state index in [0.29, 0.717) is 11.4 Å². The second kappa shape index (κ2) is 9.20. The van der Waals surface area contributed by atoms with Gasteiger partial charge in [0.1, 0.15) is 5.75 Å². The normalized spacial score (nSPS) is 18.0. The maximum absolute atomic E-state index is 12.2. The first-order valence-corrected chi connectivity index (χ1v) is 10.6. The first kappa shape index (κ1) is 20.9. The standard InChI is InChI=1S/C24H26N2O5/c1-15(17-11-10-16-6-2-3-7-18(16)12-17)25-22(27)14-30-23(28)13-21-24(29)26-19-8-4-5-9-20(19)31-21/h4-5,8-12,15,21H,2-3,6-7,13-14H2,1H3,(H,25,27)(H,26,29)/t15-,21+/m1/s1. The summed E-state index contributed by atoms with van der Waals surface area (Å²) >= 11 is 0. The number of aryl methyl sites for hydroxylation is 2. The minimum atomic E-state index is -0.986. The van der Waals surface area contributed by atoms with Crippen LogP contribution in [0.5, 0.6) is 5.75 Å². The summed E-state index contributed by atoms with van der Waals surface area (Å²) in [5.74, 6) is -0.980. The van der Waals surface area contributed by atoms with Gasteiger partial charge >= 0.3 is 5.97 Å². The smallest absolute Gasteiger partial charge is 0.310 e. The van der Waals surface area contributed by atoms with Crippen LogP contribution < -0.4 is 15.4 Å². The molecule has 0 aromatic heterocycles. The lowest BCUT2D eigenvalue weighted by molar-refractivity contribution is -0.151. The fraction of sp³-hybridized carbons (Fsp3) is 0.375. The summed E-state index contributed by atoms with van der Waals surface area (Å²) in [5.41, 5.74) is 4.33. The summed E-state index contributed by atoms with van der Waals surface area (Å²) in [6.07, 6.45) is 3.35. The second-order valence-electron chi connectivity index (χ2n) is 7.98. The minimum Gasteiger partial charge on any atom is -0.478 e. The van der Waals surface area contributed by atoms with Crippen molar-refractivity contribution in [3.63, 3.8) is 0 Å². The van der Waals surface area contributed by atoms with E-state index in [0.717, 1.165) is 18.4 Å². The number of nitrogens with one attached hydrogen (secondary N) is 2. The van der Waals surface area contributed by atoms with Crippen molar-refractivity contribution < 1.29 is 23.9 Å². The summed E-state index contributed by atoms with van der Waals surface area (Å²) in [5, 5.41) is 5.55. The Morgan fingerprint density at radius 3 is 2.77 bits per heavy atom. The lowest BCUT2D eigenvalue weighted by atomic mass is 9.89. The third-order valence-corrected chi connectivity index (χ3v) is 5.67. The van der Waals surface area contributed by atoms with Crippen molar-refractivity contribution in [2.75, 3.05) is 11.9 Å². The molecular formula is C24H26N2O5. The molecule has 0 spiro atoms. The quantitative estimate of drug-likeness (QED) is 0.698. The number of hydrogen-bond acceptors (Lipinski definition) is 5. The van der Waals surface area contributed by atoms with Gasteiger partial charge in [0.05, 0.1) is 18.2 Å². The topological polar surface area (TPSA) is 93.7 Å². The van der Waals surface area contributed by atoms with Crippen LogP contribution in [0.1, 0.15) is 48.9 Å². The van der Waals surface area contributed by atoms with E-state index in [2.05, 4.69) is 22.8 Å². The van der Waals surface area contributed by atoms with Gasteiger partial charge in [-0.05, 0) is 61.4 Å². The molecule has 0 bridgehead atoms. The van der Waals surface area contributed by atoms with Gasteiger partial charge in [0.2, 0.25) is 0 Å². The Morgan fingerprint density at radius 1 is 1.16 bits per heavy atom. The summed E-state index contributed by atoms with van der Waals surface area (Å²) in [6, 6.07) is 13.1. The maximum Gasteiger partial charge on any atom is 0.310 e. The Labute approximate surface area is 181 Å². The molecule has 7 nitrogen and oxygen atoms in total. The zero-order valence-corrected chi connectivity index (χ0v) is 17.5. The Kier molecular flexibility index (Phi) is 6.21. The maximum atomic E-state index is 12.2. The average molecular weight is 422 g/mol. The first-order valence-electron chi connectivity index (χ1n) is 10.6. The molecule has 4 rings (SSSR count). The molecule has 2 atom stereocenters. The van der Waals surface area contributed by atoms with Gasteiger partial charge in [-0.3, -0.25) is 14.4 Å². The van der Waals surface area contributed by atoms with Gasteiger partial charge in [0.25, 0.3) is 11.8 Å². The third kappa shape index (κ3) is 5.05. The number of esters is 1. The average Bonchev–Trinajstić information content (AvgIpc) is 2.78. The highest BCUT2D eigenvalue weighted by Gasteiger charge is 2.30. The van der Waals surface area contributed by atoms with Crippen molar-refractivity contribution in [1.82, 2.24) is 5.32 Å². The SMILES string of the molecule is C[C@@H](NC(=O)COC(=O)C[C@@H]1Oc2ccccc2NC1=O)c1ccc2c(c1)CCCC2. The molecule has 2 aromatic rings. The Balaban J connectivity index is 1.25. The van der Waals surface area contributed by atoms with Gasteiger partial charge in [0.15, 0.2) is 12.7 Å². The van der Waals surface area contributed by atoms with Crippen molar-refractivity contribution in [2.45, 2.75) is 51.2 Å². The highest BCUT2D eigenvalue weighted by Crippen LogP contribution is 2.29. The number of benzene rings is 2. The summed E-state index contributed by atoms with van der Waals surface area (Å²) in [7, 11) is 0. The van der Waals surface area contributed by atoms with E-state index in [-0.39, 0.29) is 12.5 Å². The van der Waals surface area contributed by atoms with Crippen molar-refractivity contribution in [3.05, 3.63) is 59.2 Å². The molecule has 0 radical (unpaired) electrons. The molecule has 2 aromatic carbocycles. The van der Waals surface area contributed by atoms with Crippen molar-refractivity contribution in [2.24, 2.45) is 0 Å². The molecule has 7 heteroatoms. The fourth-order valence-electron chi connectivity index (χ4n) is 3.97. The van der Waals surface area contributed by atoms with Crippen LogP contribution in [0.25, 0.3) is 0 Å². The predicted molar refractivity (Wildman–Crippen MR) is 115 cm³/mol. The largest absolute Gasteiger partial charge is 0.478 e. The number of amides is 2. The van der Waals surface area contributed by atoms with Crippen molar-refractivity contribution >= 4 is 23.5 Å². The first-order chi connectivity index (χ1) is 15.0. The van der Waals surface area contributed by atoms with Crippen LogP contribution in [0.2, 0.25) is 0 Å². The number of anilines is 1. The Morgan fingerprint density at radius 2 is 1.94 bits per heavy atom. The molecule has 2 aliphatic rings. The summed E-state index contributed by atoms with van der Waals surface area (Å²) in [4.78, 5) is 36.5. The second-order valence-corrected chi connectivity index (χ2v) is 7.98. The highest BCUT2D eigenvalue weighted by molar-refractivity contribution is 5.99. The van der Waals surface area contributed by atoms with Crippen LogP contribution in [0.15, 0.2) is 42.5 Å². The van der Waals surface area contributed by atoms with E-state index in [1.165, 1.54) is 24.0 Å². The number of para-hydroxylation sites is 2. The zero-order chi connectivity index (χ0) is 21.8. The molecule has 162 valence electrons. The fourth-order valence-corrected chi connectivity index (χ4v) is 3.97. The van der Waals surface area contributed by atoms with Crippen LogP contribution in [0.3, 0.4) is 0 Å². The summed E-state index contributed by atoms with van der Waals surface area (Å²) < 4.78 is 10.6.